The second-order valence-corrected chi connectivity index (χ2v) is 6.72. The van der Waals surface area contributed by atoms with Crippen LogP contribution in [0.4, 0.5) is 0 Å². The molecule has 3 nitrogen and oxygen atoms in total. The fourth-order valence-corrected chi connectivity index (χ4v) is 3.30. The van der Waals surface area contributed by atoms with Gasteiger partial charge in [0.1, 0.15) is 0 Å². The number of nitrogens with zero attached hydrogens (tertiary/aromatic N) is 2. The van der Waals surface area contributed by atoms with E-state index in [4.69, 9.17) is 5.73 Å². The van der Waals surface area contributed by atoms with E-state index in [-0.39, 0.29) is 0 Å². The second-order valence-electron chi connectivity index (χ2n) is 5.26. The average Bonchev–Trinajstić information content (AvgIpc) is 2.58. The van der Waals surface area contributed by atoms with Gasteiger partial charge in [0.05, 0.1) is 0 Å². The van der Waals surface area contributed by atoms with Crippen molar-refractivity contribution in [2.24, 2.45) is 5.73 Å². The highest BCUT2D eigenvalue weighted by Crippen LogP contribution is 2.28. The summed E-state index contributed by atoms with van der Waals surface area (Å²) in [5.41, 5.74) is 7.38. The predicted molar refractivity (Wildman–Crippen MR) is 81.4 cm³/mol. The van der Waals surface area contributed by atoms with E-state index in [1.165, 1.54) is 21.7 Å². The van der Waals surface area contributed by atoms with Gasteiger partial charge in [0.2, 0.25) is 0 Å². The topological polar surface area (TPSA) is 32.5 Å². The second kappa shape index (κ2) is 7.24. The van der Waals surface area contributed by atoms with Crippen LogP contribution in [0.5, 0.6) is 0 Å². The monoisotopic (exact) mass is 269 g/mol. The predicted octanol–water partition coefficient (Wildman–Crippen LogP) is 2.25. The molecule has 0 aliphatic heterocycles. The van der Waals surface area contributed by atoms with Crippen LogP contribution >= 0.6 is 11.3 Å². The number of rotatable bonds is 7. The van der Waals surface area contributed by atoms with Gasteiger partial charge >= 0.3 is 0 Å². The van der Waals surface area contributed by atoms with E-state index in [0.29, 0.717) is 12.6 Å². The quantitative estimate of drug-likeness (QED) is 0.824. The Morgan fingerprint density at radius 2 is 1.89 bits per heavy atom. The molecule has 1 aromatic rings. The molecule has 2 N–H and O–H groups in total. The van der Waals surface area contributed by atoms with Crippen LogP contribution in [0.3, 0.4) is 0 Å². The molecule has 0 aromatic carbocycles. The Bertz CT molecular complexity index is 360. The maximum atomic E-state index is 5.97. The van der Waals surface area contributed by atoms with Crippen molar-refractivity contribution < 1.29 is 0 Å². The van der Waals surface area contributed by atoms with E-state index in [1.807, 2.05) is 11.3 Å². The number of nitrogens with two attached hydrogens (primary N) is 1. The third-order valence-electron chi connectivity index (χ3n) is 3.31. The summed E-state index contributed by atoms with van der Waals surface area (Å²) in [4.78, 5) is 7.40. The molecule has 1 aromatic heterocycles. The van der Waals surface area contributed by atoms with E-state index in [2.05, 4.69) is 50.9 Å². The third-order valence-corrected chi connectivity index (χ3v) is 4.29. The Labute approximate surface area is 116 Å². The van der Waals surface area contributed by atoms with Gasteiger partial charge in [0.25, 0.3) is 0 Å². The Hall–Kier alpha value is -0.420. The summed E-state index contributed by atoms with van der Waals surface area (Å²) >= 11 is 1.87. The number of thiophene rings is 1. The maximum Gasteiger partial charge on any atom is 0.0478 e. The molecule has 0 saturated carbocycles. The molecule has 0 spiro atoms. The molecule has 1 heterocycles. The fraction of sp³-hybridized carbons (Fsp3) is 0.714. The summed E-state index contributed by atoms with van der Waals surface area (Å²) in [5.74, 6) is 0. The highest BCUT2D eigenvalue weighted by molar-refractivity contribution is 7.12. The summed E-state index contributed by atoms with van der Waals surface area (Å²) in [5, 5.41) is 0. The highest BCUT2D eigenvalue weighted by Gasteiger charge is 2.18. The van der Waals surface area contributed by atoms with Crippen LogP contribution in [0.1, 0.15) is 27.8 Å². The van der Waals surface area contributed by atoms with Gasteiger partial charge in [-0.1, -0.05) is 0 Å². The molecule has 0 saturated heterocycles. The average molecular weight is 269 g/mol. The minimum Gasteiger partial charge on any atom is -0.329 e. The number of hydrogen-bond donors (Lipinski definition) is 1. The number of hydrogen-bond acceptors (Lipinski definition) is 4. The van der Waals surface area contributed by atoms with Crippen molar-refractivity contribution in [1.82, 2.24) is 9.80 Å². The van der Waals surface area contributed by atoms with Crippen LogP contribution in [0.25, 0.3) is 0 Å². The molecule has 18 heavy (non-hydrogen) atoms. The highest BCUT2D eigenvalue weighted by atomic mass is 32.1. The lowest BCUT2D eigenvalue weighted by Crippen LogP contribution is -2.32. The first-order valence-corrected chi connectivity index (χ1v) is 7.39. The molecular formula is C14H27N3S. The summed E-state index contributed by atoms with van der Waals surface area (Å²) in [6.07, 6.45) is 1.18. The number of likely N-dealkylation sites (N-methyl/N-ethyl adjacent to an activating group) is 1. The van der Waals surface area contributed by atoms with Crippen LogP contribution in [0.15, 0.2) is 6.07 Å². The van der Waals surface area contributed by atoms with Crippen LogP contribution in [-0.4, -0.2) is 50.6 Å². The third kappa shape index (κ3) is 4.35. The number of aryl methyl sites for hydroxylation is 2. The molecule has 0 aliphatic carbocycles. The van der Waals surface area contributed by atoms with Gasteiger partial charge in [-0.3, -0.25) is 4.90 Å². The van der Waals surface area contributed by atoms with Crippen molar-refractivity contribution in [3.05, 3.63) is 21.4 Å². The zero-order valence-electron chi connectivity index (χ0n) is 12.4. The van der Waals surface area contributed by atoms with Gasteiger partial charge in [-0.2, -0.15) is 0 Å². The van der Waals surface area contributed by atoms with Crippen molar-refractivity contribution in [2.75, 3.05) is 40.8 Å². The lowest BCUT2D eigenvalue weighted by Gasteiger charge is -2.27. The van der Waals surface area contributed by atoms with Gasteiger partial charge < -0.3 is 10.6 Å². The normalized spacial score (nSPS) is 13.6. The van der Waals surface area contributed by atoms with Crippen LogP contribution in [-0.2, 0) is 0 Å². The molecule has 104 valence electrons. The Morgan fingerprint density at radius 3 is 2.33 bits per heavy atom. The van der Waals surface area contributed by atoms with E-state index in [9.17, 15) is 0 Å². The molecule has 1 rings (SSSR count). The van der Waals surface area contributed by atoms with Gasteiger partial charge in [0.15, 0.2) is 0 Å². The Morgan fingerprint density at radius 1 is 1.22 bits per heavy atom. The molecule has 1 atom stereocenters. The van der Waals surface area contributed by atoms with Gasteiger partial charge in [-0.25, -0.2) is 0 Å². The summed E-state index contributed by atoms with van der Waals surface area (Å²) in [7, 11) is 6.42. The van der Waals surface area contributed by atoms with Crippen molar-refractivity contribution >= 4 is 11.3 Å². The van der Waals surface area contributed by atoms with Crippen LogP contribution < -0.4 is 5.73 Å². The van der Waals surface area contributed by atoms with Crippen molar-refractivity contribution in [2.45, 2.75) is 26.3 Å². The Balaban J connectivity index is 2.62. The zero-order valence-corrected chi connectivity index (χ0v) is 13.2. The standard InChI is InChI=1S/C14H27N3S/c1-11-9-13(12(2)18-11)14(10-15)17(5)8-6-7-16(3)4/h9,14H,6-8,10,15H2,1-5H3. The zero-order chi connectivity index (χ0) is 13.7. The van der Waals surface area contributed by atoms with Crippen molar-refractivity contribution in [3.63, 3.8) is 0 Å². The molecule has 0 radical (unpaired) electrons. The van der Waals surface area contributed by atoms with Gasteiger partial charge in [-0.05, 0) is 66.1 Å². The molecule has 0 aliphatic rings. The minimum absolute atomic E-state index is 0.358. The van der Waals surface area contributed by atoms with E-state index >= 15 is 0 Å². The summed E-state index contributed by atoms with van der Waals surface area (Å²) in [6, 6.07) is 2.65. The molecule has 0 amide bonds. The lowest BCUT2D eigenvalue weighted by atomic mass is 10.1. The minimum atomic E-state index is 0.358. The first kappa shape index (κ1) is 15.6. The molecule has 0 fully saturated rings. The van der Waals surface area contributed by atoms with Crippen molar-refractivity contribution in [3.8, 4) is 0 Å². The largest absolute Gasteiger partial charge is 0.329 e. The fourth-order valence-electron chi connectivity index (χ4n) is 2.32. The van der Waals surface area contributed by atoms with E-state index in [0.717, 1.165) is 13.1 Å². The molecular weight excluding hydrogens is 242 g/mol. The molecule has 4 heteroatoms. The molecule has 1 unspecified atom stereocenters. The smallest absolute Gasteiger partial charge is 0.0478 e. The molecule has 0 bridgehead atoms. The van der Waals surface area contributed by atoms with Crippen LogP contribution in [0, 0.1) is 13.8 Å². The van der Waals surface area contributed by atoms with Gasteiger partial charge in [-0.15, -0.1) is 11.3 Å². The maximum absolute atomic E-state index is 5.97. The van der Waals surface area contributed by atoms with Crippen LogP contribution in [0.2, 0.25) is 0 Å². The van der Waals surface area contributed by atoms with Gasteiger partial charge in [0, 0.05) is 22.3 Å². The summed E-state index contributed by atoms with van der Waals surface area (Å²) in [6.45, 7) is 7.28. The Kier molecular flexibility index (Phi) is 6.29. The van der Waals surface area contributed by atoms with Crippen molar-refractivity contribution in [1.29, 1.82) is 0 Å². The first-order valence-electron chi connectivity index (χ1n) is 6.57. The van der Waals surface area contributed by atoms with E-state index in [1.54, 1.807) is 0 Å². The van der Waals surface area contributed by atoms with E-state index < -0.39 is 0 Å². The summed E-state index contributed by atoms with van der Waals surface area (Å²) < 4.78 is 0. The lowest BCUT2D eigenvalue weighted by molar-refractivity contribution is 0.235. The first-order chi connectivity index (χ1) is 8.45. The SMILES string of the molecule is Cc1cc(C(CN)N(C)CCCN(C)C)c(C)s1.